The highest BCUT2D eigenvalue weighted by molar-refractivity contribution is 5.93. The van der Waals surface area contributed by atoms with Crippen molar-refractivity contribution < 1.29 is 38.0 Å². The molecule has 9 heteroatoms. The van der Waals surface area contributed by atoms with Crippen molar-refractivity contribution in [2.24, 2.45) is 0 Å². The summed E-state index contributed by atoms with van der Waals surface area (Å²) in [4.78, 5) is 28.8. The molecule has 3 heterocycles. The van der Waals surface area contributed by atoms with E-state index in [2.05, 4.69) is 4.98 Å². The molecule has 162 valence electrons. The summed E-state index contributed by atoms with van der Waals surface area (Å²) in [7, 11) is 0. The number of benzene rings is 2. The van der Waals surface area contributed by atoms with Gasteiger partial charge in [-0.25, -0.2) is 14.6 Å². The molecule has 0 unspecified atom stereocenters. The van der Waals surface area contributed by atoms with Crippen LogP contribution >= 0.6 is 0 Å². The second-order valence-electron chi connectivity index (χ2n) is 6.96. The molecule has 2 aromatic carbocycles. The van der Waals surface area contributed by atoms with E-state index in [1.165, 1.54) is 18.3 Å². The molecule has 2 aliphatic heterocycles. The van der Waals surface area contributed by atoms with Crippen molar-refractivity contribution in [3.05, 3.63) is 77.1 Å². The van der Waals surface area contributed by atoms with E-state index in [1.54, 1.807) is 36.4 Å². The lowest BCUT2D eigenvalue weighted by Gasteiger charge is -2.08. The maximum atomic E-state index is 12.4. The predicted molar refractivity (Wildman–Crippen MR) is 108 cm³/mol. The fourth-order valence-corrected chi connectivity index (χ4v) is 3.19. The van der Waals surface area contributed by atoms with Gasteiger partial charge in [-0.15, -0.1) is 0 Å². The first-order chi connectivity index (χ1) is 15.7. The van der Waals surface area contributed by atoms with Crippen LogP contribution in [0.5, 0.6) is 23.0 Å². The lowest BCUT2D eigenvalue weighted by atomic mass is 10.2. The zero-order valence-corrected chi connectivity index (χ0v) is 16.7. The number of hydrogen-bond acceptors (Lipinski definition) is 9. The Morgan fingerprint density at radius 1 is 0.719 bits per heavy atom. The van der Waals surface area contributed by atoms with Gasteiger partial charge in [0.05, 0.1) is 5.56 Å². The summed E-state index contributed by atoms with van der Waals surface area (Å²) < 4.78 is 31.8. The molecule has 0 fully saturated rings. The van der Waals surface area contributed by atoms with E-state index < -0.39 is 11.9 Å². The molecule has 0 saturated carbocycles. The molecular weight excluding hydrogens is 418 g/mol. The van der Waals surface area contributed by atoms with Gasteiger partial charge in [-0.1, -0.05) is 12.1 Å². The summed E-state index contributed by atoms with van der Waals surface area (Å²) in [5.74, 6) is 1.26. The molecule has 5 rings (SSSR count). The fourth-order valence-electron chi connectivity index (χ4n) is 3.19. The molecule has 0 atom stereocenters. The molecule has 3 aromatic rings. The lowest BCUT2D eigenvalue weighted by Crippen LogP contribution is -2.11. The summed E-state index contributed by atoms with van der Waals surface area (Å²) in [6.45, 7) is 0.404. The third kappa shape index (κ3) is 4.13. The maximum Gasteiger partial charge on any atom is 0.357 e. The van der Waals surface area contributed by atoms with Gasteiger partial charge >= 0.3 is 11.9 Å². The zero-order chi connectivity index (χ0) is 21.9. The third-order valence-corrected chi connectivity index (χ3v) is 4.82. The Labute approximate surface area is 182 Å². The van der Waals surface area contributed by atoms with E-state index in [0.29, 0.717) is 23.0 Å². The molecule has 9 nitrogen and oxygen atoms in total. The largest absolute Gasteiger partial charge is 0.457 e. The Bertz CT molecular complexity index is 1100. The first-order valence-corrected chi connectivity index (χ1v) is 9.73. The van der Waals surface area contributed by atoms with Gasteiger partial charge in [-0.3, -0.25) is 0 Å². The van der Waals surface area contributed by atoms with Crippen LogP contribution in [0.4, 0.5) is 0 Å². The maximum absolute atomic E-state index is 12.4. The molecule has 2 aliphatic rings. The van der Waals surface area contributed by atoms with Gasteiger partial charge in [0.15, 0.2) is 23.0 Å². The molecule has 0 aliphatic carbocycles. The SMILES string of the molecule is O=C(OCc1ccc2c(c1)OCO2)c1ccnc(C(=O)OCc2ccc3c(c2)OCO3)c1. The molecule has 1 aromatic heterocycles. The minimum Gasteiger partial charge on any atom is -0.457 e. The third-order valence-electron chi connectivity index (χ3n) is 4.82. The van der Waals surface area contributed by atoms with Crippen molar-refractivity contribution in [1.82, 2.24) is 4.98 Å². The number of rotatable bonds is 6. The predicted octanol–water partition coefficient (Wildman–Crippen LogP) is 3.25. The molecule has 0 bridgehead atoms. The highest BCUT2D eigenvalue weighted by Gasteiger charge is 2.17. The summed E-state index contributed by atoms with van der Waals surface area (Å²) >= 11 is 0. The minimum absolute atomic E-state index is 0.00303. The van der Waals surface area contributed by atoms with Crippen molar-refractivity contribution in [3.8, 4) is 23.0 Å². The van der Waals surface area contributed by atoms with Crippen molar-refractivity contribution in [2.75, 3.05) is 13.6 Å². The van der Waals surface area contributed by atoms with E-state index in [-0.39, 0.29) is 38.1 Å². The number of ether oxygens (including phenoxy) is 6. The highest BCUT2D eigenvalue weighted by atomic mass is 16.7. The first-order valence-electron chi connectivity index (χ1n) is 9.73. The van der Waals surface area contributed by atoms with Gasteiger partial charge in [0.1, 0.15) is 18.9 Å². The summed E-state index contributed by atoms with van der Waals surface area (Å²) in [6, 6.07) is 13.4. The zero-order valence-electron chi connectivity index (χ0n) is 16.7. The Kier molecular flexibility index (Phi) is 5.20. The standard InChI is InChI=1S/C23H17NO8/c25-22(27-10-14-1-3-18-20(7-14)31-12-29-18)16-5-6-24-17(9-16)23(26)28-11-15-2-4-19-21(8-15)32-13-30-19/h1-9H,10-13H2. The number of esters is 2. The quantitative estimate of drug-likeness (QED) is 0.540. The number of carbonyl (C=O) groups excluding carboxylic acids is 2. The Balaban J connectivity index is 1.19. The topological polar surface area (TPSA) is 102 Å². The van der Waals surface area contributed by atoms with E-state index in [4.69, 9.17) is 28.4 Å². The van der Waals surface area contributed by atoms with Gasteiger partial charge in [0.2, 0.25) is 13.6 Å². The smallest absolute Gasteiger partial charge is 0.357 e. The normalized spacial score (nSPS) is 13.0. The van der Waals surface area contributed by atoms with Crippen molar-refractivity contribution in [3.63, 3.8) is 0 Å². The second-order valence-corrected chi connectivity index (χ2v) is 6.96. The van der Waals surface area contributed by atoms with E-state index in [9.17, 15) is 9.59 Å². The van der Waals surface area contributed by atoms with Gasteiger partial charge < -0.3 is 28.4 Å². The van der Waals surface area contributed by atoms with Crippen molar-refractivity contribution in [2.45, 2.75) is 13.2 Å². The average molecular weight is 435 g/mol. The number of hydrogen-bond donors (Lipinski definition) is 0. The van der Waals surface area contributed by atoms with Crippen molar-refractivity contribution >= 4 is 11.9 Å². The first kappa shape index (κ1) is 19.7. The molecule has 0 radical (unpaired) electrons. The van der Waals surface area contributed by atoms with E-state index >= 15 is 0 Å². The fraction of sp³-hybridized carbons (Fsp3) is 0.174. The van der Waals surface area contributed by atoms with Crippen LogP contribution in [0.1, 0.15) is 32.0 Å². The van der Waals surface area contributed by atoms with Gasteiger partial charge in [-0.05, 0) is 47.5 Å². The van der Waals surface area contributed by atoms with E-state index in [0.717, 1.165) is 11.1 Å². The molecule has 0 saturated heterocycles. The van der Waals surface area contributed by atoms with Crippen LogP contribution in [0.25, 0.3) is 0 Å². The van der Waals surface area contributed by atoms with Gasteiger partial charge in [0.25, 0.3) is 0 Å². The number of aromatic nitrogens is 1. The molecular formula is C23H17NO8. The Morgan fingerprint density at radius 2 is 1.28 bits per heavy atom. The molecule has 0 N–H and O–H groups in total. The molecule has 0 amide bonds. The highest BCUT2D eigenvalue weighted by Crippen LogP contribution is 2.33. The van der Waals surface area contributed by atoms with Gasteiger partial charge in [0, 0.05) is 6.20 Å². The van der Waals surface area contributed by atoms with Crippen LogP contribution in [0.2, 0.25) is 0 Å². The lowest BCUT2D eigenvalue weighted by molar-refractivity contribution is 0.0464. The van der Waals surface area contributed by atoms with Crippen LogP contribution in [0.3, 0.4) is 0 Å². The minimum atomic E-state index is -0.659. The average Bonchev–Trinajstić information content (AvgIpc) is 3.49. The van der Waals surface area contributed by atoms with Crippen LogP contribution in [-0.2, 0) is 22.7 Å². The number of pyridine rings is 1. The summed E-state index contributed by atoms with van der Waals surface area (Å²) in [5, 5.41) is 0. The number of carbonyl (C=O) groups is 2. The van der Waals surface area contributed by atoms with Crippen molar-refractivity contribution in [1.29, 1.82) is 0 Å². The summed E-state index contributed by atoms with van der Waals surface area (Å²) in [6.07, 6.45) is 1.36. The Hall–Kier alpha value is -4.27. The molecule has 0 spiro atoms. The van der Waals surface area contributed by atoms with Gasteiger partial charge in [-0.2, -0.15) is 0 Å². The van der Waals surface area contributed by atoms with Crippen LogP contribution in [0.15, 0.2) is 54.7 Å². The van der Waals surface area contributed by atoms with Crippen LogP contribution in [-0.4, -0.2) is 30.5 Å². The molecule has 32 heavy (non-hydrogen) atoms. The monoisotopic (exact) mass is 435 g/mol. The Morgan fingerprint density at radius 3 is 1.91 bits per heavy atom. The van der Waals surface area contributed by atoms with Crippen LogP contribution in [0, 0.1) is 0 Å². The number of nitrogens with zero attached hydrogens (tertiary/aromatic N) is 1. The van der Waals surface area contributed by atoms with Crippen LogP contribution < -0.4 is 18.9 Å². The second kappa shape index (κ2) is 8.46. The number of fused-ring (bicyclic) bond motifs is 2. The van der Waals surface area contributed by atoms with E-state index in [1.807, 2.05) is 0 Å². The summed E-state index contributed by atoms with van der Waals surface area (Å²) in [5.41, 5.74) is 1.68.